The minimum absolute atomic E-state index is 0.0169. The van der Waals surface area contributed by atoms with Gasteiger partial charge in [-0.1, -0.05) is 20.8 Å². The van der Waals surface area contributed by atoms with E-state index in [1.54, 1.807) is 4.57 Å². The Bertz CT molecular complexity index is 964. The van der Waals surface area contributed by atoms with Gasteiger partial charge in [0.15, 0.2) is 4.80 Å². The van der Waals surface area contributed by atoms with E-state index in [-0.39, 0.29) is 11.5 Å². The average Bonchev–Trinajstić information content (AvgIpc) is 3.24. The fraction of sp³-hybridized carbons (Fsp3) is 0.500. The molecule has 2 aromatic rings. The molecule has 1 aliphatic heterocycles. The van der Waals surface area contributed by atoms with Crippen LogP contribution in [0.15, 0.2) is 29.4 Å². The summed E-state index contributed by atoms with van der Waals surface area (Å²) >= 11 is 1.26. The maximum absolute atomic E-state index is 14.1. The van der Waals surface area contributed by atoms with E-state index in [1.165, 1.54) is 11.3 Å². The summed E-state index contributed by atoms with van der Waals surface area (Å²) in [6, 6.07) is 1.75. The molecule has 9 heteroatoms. The molecule has 0 unspecified atom stereocenters. The van der Waals surface area contributed by atoms with Gasteiger partial charge < -0.3 is 9.30 Å². The SMILES string of the molecule is CC(C)(C)c1cn(C[C@@H]2CCCO2)c(=NC(=O)c2cc(C(F)(F)F)ccc2F)s1. The Morgan fingerprint density at radius 3 is 2.62 bits per heavy atom. The lowest BCUT2D eigenvalue weighted by atomic mass is 9.95. The third-order valence-electron chi connectivity index (χ3n) is 4.60. The second-order valence-electron chi connectivity index (χ2n) is 8.02. The number of nitrogens with zero attached hydrogens (tertiary/aromatic N) is 2. The van der Waals surface area contributed by atoms with E-state index in [1.807, 2.05) is 27.0 Å². The van der Waals surface area contributed by atoms with E-state index in [9.17, 15) is 22.4 Å². The average molecular weight is 430 g/mol. The van der Waals surface area contributed by atoms with Crippen molar-refractivity contribution in [2.75, 3.05) is 6.61 Å². The van der Waals surface area contributed by atoms with E-state index < -0.39 is 29.0 Å². The summed E-state index contributed by atoms with van der Waals surface area (Å²) < 4.78 is 60.3. The number of hydrogen-bond donors (Lipinski definition) is 0. The van der Waals surface area contributed by atoms with Gasteiger partial charge in [-0.2, -0.15) is 18.2 Å². The lowest BCUT2D eigenvalue weighted by molar-refractivity contribution is -0.137. The number of hydrogen-bond acceptors (Lipinski definition) is 3. The zero-order valence-corrected chi connectivity index (χ0v) is 17.2. The van der Waals surface area contributed by atoms with Crippen LogP contribution in [-0.4, -0.2) is 23.2 Å². The number of amides is 1. The van der Waals surface area contributed by atoms with Crippen molar-refractivity contribution in [2.24, 2.45) is 4.99 Å². The Balaban J connectivity index is 2.02. The molecule has 4 nitrogen and oxygen atoms in total. The van der Waals surface area contributed by atoms with Crippen LogP contribution in [0.4, 0.5) is 17.6 Å². The first-order chi connectivity index (χ1) is 13.4. The van der Waals surface area contributed by atoms with Crippen LogP contribution in [0.5, 0.6) is 0 Å². The van der Waals surface area contributed by atoms with Crippen molar-refractivity contribution in [3.63, 3.8) is 0 Å². The van der Waals surface area contributed by atoms with E-state index >= 15 is 0 Å². The van der Waals surface area contributed by atoms with Gasteiger partial charge in [0.25, 0.3) is 5.91 Å². The largest absolute Gasteiger partial charge is 0.416 e. The van der Waals surface area contributed by atoms with Gasteiger partial charge in [0, 0.05) is 17.7 Å². The predicted octanol–water partition coefficient (Wildman–Crippen LogP) is 4.93. The second-order valence-corrected chi connectivity index (χ2v) is 9.03. The Hall–Kier alpha value is -2.00. The third kappa shape index (κ3) is 5.14. The van der Waals surface area contributed by atoms with Crippen LogP contribution in [0.25, 0.3) is 0 Å². The molecule has 1 aromatic carbocycles. The van der Waals surface area contributed by atoms with Crippen molar-refractivity contribution < 1.29 is 27.1 Å². The molecule has 0 N–H and O–H groups in total. The van der Waals surface area contributed by atoms with Gasteiger partial charge in [-0.25, -0.2) is 4.39 Å². The molecular weight excluding hydrogens is 408 g/mol. The van der Waals surface area contributed by atoms with Crippen LogP contribution in [0.3, 0.4) is 0 Å². The maximum atomic E-state index is 14.1. The molecule has 1 aliphatic rings. The molecule has 0 aliphatic carbocycles. The van der Waals surface area contributed by atoms with Gasteiger partial charge in [0.05, 0.1) is 23.8 Å². The van der Waals surface area contributed by atoms with E-state index in [2.05, 4.69) is 4.99 Å². The predicted molar refractivity (Wildman–Crippen MR) is 101 cm³/mol. The maximum Gasteiger partial charge on any atom is 0.416 e. The number of halogens is 4. The van der Waals surface area contributed by atoms with Gasteiger partial charge in [-0.3, -0.25) is 4.79 Å². The third-order valence-corrected chi connectivity index (χ3v) is 6.05. The van der Waals surface area contributed by atoms with Crippen LogP contribution >= 0.6 is 11.3 Å². The molecular formula is C20H22F4N2O2S. The Labute approximate surface area is 169 Å². The van der Waals surface area contributed by atoms with Crippen LogP contribution < -0.4 is 4.80 Å². The first-order valence-corrected chi connectivity index (χ1v) is 10.0. The number of rotatable bonds is 3. The van der Waals surface area contributed by atoms with E-state index in [4.69, 9.17) is 4.74 Å². The van der Waals surface area contributed by atoms with Crippen molar-refractivity contribution in [3.8, 4) is 0 Å². The molecule has 3 rings (SSSR count). The molecule has 1 atom stereocenters. The molecule has 0 spiro atoms. The van der Waals surface area contributed by atoms with E-state index in [0.29, 0.717) is 36.2 Å². The molecule has 1 fully saturated rings. The lowest BCUT2D eigenvalue weighted by Gasteiger charge is -2.15. The number of carbonyl (C=O) groups is 1. The van der Waals surface area contributed by atoms with Crippen molar-refractivity contribution in [1.82, 2.24) is 4.57 Å². The highest BCUT2D eigenvalue weighted by Crippen LogP contribution is 2.30. The Morgan fingerprint density at radius 2 is 2.03 bits per heavy atom. The Kier molecular flexibility index (Phi) is 6.01. The zero-order chi connectivity index (χ0) is 21.4. The molecule has 1 saturated heterocycles. The number of benzene rings is 1. The first-order valence-electron chi connectivity index (χ1n) is 9.23. The molecule has 29 heavy (non-hydrogen) atoms. The molecule has 1 amide bonds. The van der Waals surface area contributed by atoms with Gasteiger partial charge >= 0.3 is 6.18 Å². The second kappa shape index (κ2) is 8.02. The number of alkyl halides is 3. The normalized spacial score (nSPS) is 18.4. The number of ether oxygens (including phenoxy) is 1. The van der Waals surface area contributed by atoms with E-state index in [0.717, 1.165) is 17.7 Å². The van der Waals surface area contributed by atoms with Crippen molar-refractivity contribution >= 4 is 17.2 Å². The molecule has 2 heterocycles. The summed E-state index contributed by atoms with van der Waals surface area (Å²) in [7, 11) is 0. The number of aromatic nitrogens is 1. The first kappa shape index (κ1) is 21.7. The van der Waals surface area contributed by atoms with Crippen molar-refractivity contribution in [1.29, 1.82) is 0 Å². The minimum atomic E-state index is -4.68. The van der Waals surface area contributed by atoms with Gasteiger partial charge in [-0.05, 0) is 36.5 Å². The summed E-state index contributed by atoms with van der Waals surface area (Å²) in [5, 5.41) is 0. The number of carbonyl (C=O) groups excluding carboxylic acids is 1. The lowest BCUT2D eigenvalue weighted by Crippen LogP contribution is -2.23. The zero-order valence-electron chi connectivity index (χ0n) is 16.3. The standard InChI is InChI=1S/C20H22F4N2O2S/c1-19(2,3)16-11-26(10-13-5-4-8-28-13)18(29-16)25-17(27)14-9-12(20(22,23)24)6-7-15(14)21/h6-7,9,11,13H,4-5,8,10H2,1-3H3/t13-/m0/s1. The fourth-order valence-electron chi connectivity index (χ4n) is 2.96. The molecule has 0 bridgehead atoms. The monoisotopic (exact) mass is 430 g/mol. The summed E-state index contributed by atoms with van der Waals surface area (Å²) in [4.78, 5) is 17.8. The molecule has 1 aromatic heterocycles. The number of thiazole rings is 1. The summed E-state index contributed by atoms with van der Waals surface area (Å²) in [5.41, 5.74) is -2.00. The van der Waals surface area contributed by atoms with Gasteiger partial charge in [0.1, 0.15) is 5.82 Å². The quantitative estimate of drug-likeness (QED) is 0.649. The van der Waals surface area contributed by atoms with Crippen LogP contribution in [0, 0.1) is 5.82 Å². The highest BCUT2D eigenvalue weighted by Gasteiger charge is 2.32. The summed E-state index contributed by atoms with van der Waals surface area (Å²) in [6.45, 7) is 7.17. The molecule has 0 saturated carbocycles. The van der Waals surface area contributed by atoms with Crippen LogP contribution in [0.1, 0.15) is 54.4 Å². The van der Waals surface area contributed by atoms with Crippen LogP contribution in [-0.2, 0) is 22.9 Å². The highest BCUT2D eigenvalue weighted by molar-refractivity contribution is 7.09. The minimum Gasteiger partial charge on any atom is -0.376 e. The van der Waals surface area contributed by atoms with Crippen molar-refractivity contribution in [2.45, 2.75) is 57.9 Å². The fourth-order valence-corrected chi connectivity index (χ4v) is 4.02. The summed E-state index contributed by atoms with van der Waals surface area (Å²) in [6.07, 6.45) is -0.992. The Morgan fingerprint density at radius 1 is 1.31 bits per heavy atom. The van der Waals surface area contributed by atoms with Crippen molar-refractivity contribution in [3.05, 3.63) is 51.0 Å². The van der Waals surface area contributed by atoms with Crippen LogP contribution in [0.2, 0.25) is 0 Å². The summed E-state index contributed by atoms with van der Waals surface area (Å²) in [5.74, 6) is -2.08. The van der Waals surface area contributed by atoms with Gasteiger partial charge in [-0.15, -0.1) is 11.3 Å². The highest BCUT2D eigenvalue weighted by atomic mass is 32.1. The van der Waals surface area contributed by atoms with Gasteiger partial charge in [0.2, 0.25) is 0 Å². The molecule has 158 valence electrons. The smallest absolute Gasteiger partial charge is 0.376 e. The topological polar surface area (TPSA) is 43.6 Å². The molecule has 0 radical (unpaired) electrons.